The van der Waals surface area contributed by atoms with Crippen molar-refractivity contribution in [1.82, 2.24) is 4.90 Å². The molecule has 1 amide bonds. The maximum absolute atomic E-state index is 10.9. The molecular formula is C14H19N3O3. The normalized spacial score (nSPS) is 18.9. The van der Waals surface area contributed by atoms with Crippen LogP contribution in [-0.2, 0) is 4.79 Å². The molecule has 0 atom stereocenters. The Morgan fingerprint density at radius 3 is 2.65 bits per heavy atom. The van der Waals surface area contributed by atoms with Crippen molar-refractivity contribution in [2.45, 2.75) is 0 Å². The zero-order chi connectivity index (χ0) is 13.9. The molecule has 6 heteroatoms. The largest absolute Gasteiger partial charge is 0.486 e. The average Bonchev–Trinajstić information content (AvgIpc) is 2.47. The molecule has 0 unspecified atom stereocenters. The molecule has 0 spiro atoms. The van der Waals surface area contributed by atoms with E-state index < -0.39 is 0 Å². The van der Waals surface area contributed by atoms with Gasteiger partial charge in [-0.05, 0) is 12.1 Å². The summed E-state index contributed by atoms with van der Waals surface area (Å²) in [7, 11) is 0. The molecule has 1 aromatic rings. The second-order valence-electron chi connectivity index (χ2n) is 5.03. The second kappa shape index (κ2) is 5.58. The first-order valence-electron chi connectivity index (χ1n) is 6.88. The molecule has 0 saturated carbocycles. The molecule has 2 N–H and O–H groups in total. The number of amides is 1. The second-order valence-corrected chi connectivity index (χ2v) is 5.03. The Bertz CT molecular complexity index is 498. The van der Waals surface area contributed by atoms with Gasteiger partial charge in [-0.15, -0.1) is 0 Å². The van der Waals surface area contributed by atoms with Crippen molar-refractivity contribution in [3.8, 4) is 11.5 Å². The van der Waals surface area contributed by atoms with Crippen molar-refractivity contribution in [2.24, 2.45) is 5.73 Å². The lowest BCUT2D eigenvalue weighted by atomic mass is 10.2. The number of ether oxygens (including phenoxy) is 2. The van der Waals surface area contributed by atoms with Gasteiger partial charge in [0.25, 0.3) is 0 Å². The van der Waals surface area contributed by atoms with Gasteiger partial charge in [0.05, 0.1) is 12.2 Å². The van der Waals surface area contributed by atoms with Gasteiger partial charge in [-0.3, -0.25) is 9.69 Å². The quantitative estimate of drug-likeness (QED) is 0.846. The molecule has 0 bridgehead atoms. The van der Waals surface area contributed by atoms with Gasteiger partial charge in [0, 0.05) is 26.2 Å². The lowest BCUT2D eigenvalue weighted by molar-refractivity contribution is -0.119. The van der Waals surface area contributed by atoms with Crippen LogP contribution in [-0.4, -0.2) is 56.7 Å². The van der Waals surface area contributed by atoms with Crippen LogP contribution in [0.4, 0.5) is 5.69 Å². The monoisotopic (exact) mass is 277 g/mol. The minimum Gasteiger partial charge on any atom is -0.486 e. The zero-order valence-electron chi connectivity index (χ0n) is 11.4. The standard InChI is InChI=1S/C14H19N3O3/c15-13(18)10-16-4-6-17(7-5-16)11-2-1-3-12-14(11)20-9-8-19-12/h1-3H,4-10H2,(H2,15,18). The topological polar surface area (TPSA) is 68.0 Å². The molecule has 3 rings (SSSR count). The van der Waals surface area contributed by atoms with Crippen molar-refractivity contribution < 1.29 is 14.3 Å². The molecular weight excluding hydrogens is 258 g/mol. The van der Waals surface area contributed by atoms with Gasteiger partial charge in [-0.2, -0.15) is 0 Å². The number of rotatable bonds is 3. The molecule has 0 radical (unpaired) electrons. The van der Waals surface area contributed by atoms with Gasteiger partial charge in [0.2, 0.25) is 5.91 Å². The fraction of sp³-hybridized carbons (Fsp3) is 0.500. The molecule has 108 valence electrons. The van der Waals surface area contributed by atoms with Crippen molar-refractivity contribution in [3.63, 3.8) is 0 Å². The minimum atomic E-state index is -0.271. The number of nitrogens with zero attached hydrogens (tertiary/aromatic N) is 2. The van der Waals surface area contributed by atoms with Crippen LogP contribution in [0.1, 0.15) is 0 Å². The van der Waals surface area contributed by atoms with Gasteiger partial charge >= 0.3 is 0 Å². The Labute approximate surface area is 118 Å². The highest BCUT2D eigenvalue weighted by Gasteiger charge is 2.23. The van der Waals surface area contributed by atoms with Crippen molar-refractivity contribution in [2.75, 3.05) is 50.8 Å². The van der Waals surface area contributed by atoms with E-state index in [0.717, 1.165) is 43.4 Å². The summed E-state index contributed by atoms with van der Waals surface area (Å²) in [5.41, 5.74) is 6.30. The lowest BCUT2D eigenvalue weighted by Gasteiger charge is -2.36. The van der Waals surface area contributed by atoms with Gasteiger partial charge in [0.1, 0.15) is 13.2 Å². The molecule has 6 nitrogen and oxygen atoms in total. The summed E-state index contributed by atoms with van der Waals surface area (Å²) in [4.78, 5) is 15.3. The van der Waals surface area contributed by atoms with E-state index in [4.69, 9.17) is 15.2 Å². The fourth-order valence-corrected chi connectivity index (χ4v) is 2.67. The molecule has 20 heavy (non-hydrogen) atoms. The predicted octanol–water partition coefficient (Wildman–Crippen LogP) is 0.0651. The summed E-state index contributed by atoms with van der Waals surface area (Å²) in [5, 5.41) is 0. The summed E-state index contributed by atoms with van der Waals surface area (Å²) < 4.78 is 11.4. The number of hydrogen-bond acceptors (Lipinski definition) is 5. The zero-order valence-corrected chi connectivity index (χ0v) is 11.4. The van der Waals surface area contributed by atoms with Crippen molar-refractivity contribution >= 4 is 11.6 Å². The smallest absolute Gasteiger partial charge is 0.231 e. The van der Waals surface area contributed by atoms with E-state index in [1.807, 2.05) is 12.1 Å². The van der Waals surface area contributed by atoms with Crippen LogP contribution >= 0.6 is 0 Å². The Morgan fingerprint density at radius 2 is 1.90 bits per heavy atom. The van der Waals surface area contributed by atoms with E-state index in [-0.39, 0.29) is 5.91 Å². The molecule has 2 aliphatic rings. The third-order valence-electron chi connectivity index (χ3n) is 3.64. The third-order valence-corrected chi connectivity index (χ3v) is 3.64. The van der Waals surface area contributed by atoms with Crippen LogP contribution in [0.15, 0.2) is 18.2 Å². The van der Waals surface area contributed by atoms with Crippen LogP contribution in [0.25, 0.3) is 0 Å². The number of para-hydroxylation sites is 1. The molecule has 0 aliphatic carbocycles. The predicted molar refractivity (Wildman–Crippen MR) is 75.3 cm³/mol. The van der Waals surface area contributed by atoms with Crippen LogP contribution in [0.3, 0.4) is 0 Å². The number of primary amides is 1. The highest BCUT2D eigenvalue weighted by Crippen LogP contribution is 2.39. The Hall–Kier alpha value is -1.95. The van der Waals surface area contributed by atoms with Crippen LogP contribution in [0.2, 0.25) is 0 Å². The highest BCUT2D eigenvalue weighted by molar-refractivity contribution is 5.76. The van der Waals surface area contributed by atoms with Gasteiger partial charge < -0.3 is 20.1 Å². The maximum Gasteiger partial charge on any atom is 0.231 e. The first-order valence-corrected chi connectivity index (χ1v) is 6.88. The molecule has 0 aromatic heterocycles. The molecule has 1 saturated heterocycles. The van der Waals surface area contributed by atoms with E-state index in [2.05, 4.69) is 15.9 Å². The summed E-state index contributed by atoms with van der Waals surface area (Å²) in [6, 6.07) is 5.97. The Morgan fingerprint density at radius 1 is 1.15 bits per heavy atom. The lowest BCUT2D eigenvalue weighted by Crippen LogP contribution is -2.49. The number of hydrogen-bond donors (Lipinski definition) is 1. The molecule has 1 fully saturated rings. The van der Waals surface area contributed by atoms with E-state index >= 15 is 0 Å². The Kier molecular flexibility index (Phi) is 3.64. The van der Waals surface area contributed by atoms with Gasteiger partial charge in [-0.25, -0.2) is 0 Å². The first kappa shape index (κ1) is 13.1. The number of anilines is 1. The summed E-state index contributed by atoms with van der Waals surface area (Å²) in [5.74, 6) is 1.38. The number of carbonyl (C=O) groups is 1. The number of carbonyl (C=O) groups excluding carboxylic acids is 1. The number of nitrogens with two attached hydrogens (primary N) is 1. The minimum absolute atomic E-state index is 0.271. The molecule has 1 aromatic carbocycles. The van der Waals surface area contributed by atoms with Crippen LogP contribution in [0.5, 0.6) is 11.5 Å². The summed E-state index contributed by atoms with van der Waals surface area (Å²) in [6.07, 6.45) is 0. The van der Waals surface area contributed by atoms with Crippen LogP contribution in [0, 0.1) is 0 Å². The summed E-state index contributed by atoms with van der Waals surface area (Å²) >= 11 is 0. The molecule has 2 aliphatic heterocycles. The van der Waals surface area contributed by atoms with E-state index in [9.17, 15) is 4.79 Å². The van der Waals surface area contributed by atoms with Gasteiger partial charge in [-0.1, -0.05) is 6.07 Å². The molecule has 2 heterocycles. The van der Waals surface area contributed by atoms with E-state index in [1.54, 1.807) is 0 Å². The van der Waals surface area contributed by atoms with Crippen molar-refractivity contribution in [3.05, 3.63) is 18.2 Å². The maximum atomic E-state index is 10.9. The SMILES string of the molecule is NC(=O)CN1CCN(c2cccc3c2OCCO3)CC1. The highest BCUT2D eigenvalue weighted by atomic mass is 16.6. The fourth-order valence-electron chi connectivity index (χ4n) is 2.67. The van der Waals surface area contributed by atoms with E-state index in [0.29, 0.717) is 19.8 Å². The van der Waals surface area contributed by atoms with Gasteiger partial charge in [0.15, 0.2) is 11.5 Å². The number of benzene rings is 1. The van der Waals surface area contributed by atoms with E-state index in [1.165, 1.54) is 0 Å². The Balaban J connectivity index is 1.71. The first-order chi connectivity index (χ1) is 9.74. The third kappa shape index (κ3) is 2.65. The van der Waals surface area contributed by atoms with Crippen LogP contribution < -0.4 is 20.1 Å². The number of fused-ring (bicyclic) bond motifs is 1. The number of piperazine rings is 1. The average molecular weight is 277 g/mol. The van der Waals surface area contributed by atoms with Crippen molar-refractivity contribution in [1.29, 1.82) is 0 Å². The summed E-state index contributed by atoms with van der Waals surface area (Å²) in [6.45, 7) is 4.88.